The van der Waals surface area contributed by atoms with E-state index in [0.717, 1.165) is 48.5 Å². The number of ether oxygens (including phenoxy) is 2. The molecule has 0 saturated carbocycles. The van der Waals surface area contributed by atoms with Crippen molar-refractivity contribution in [1.29, 1.82) is 0 Å². The van der Waals surface area contributed by atoms with Gasteiger partial charge in [-0.3, -0.25) is 4.79 Å². The molecule has 5 nitrogen and oxygen atoms in total. The lowest BCUT2D eigenvalue weighted by Crippen LogP contribution is -2.38. The van der Waals surface area contributed by atoms with Crippen LogP contribution in [0.25, 0.3) is 10.9 Å². The molecule has 0 radical (unpaired) electrons. The lowest BCUT2D eigenvalue weighted by molar-refractivity contribution is -0.131. The van der Waals surface area contributed by atoms with Gasteiger partial charge in [-0.05, 0) is 67.1 Å². The third kappa shape index (κ3) is 4.24. The first-order chi connectivity index (χ1) is 14.2. The van der Waals surface area contributed by atoms with Crippen molar-refractivity contribution in [2.24, 2.45) is 0 Å². The molecule has 1 aromatic heterocycles. The fourth-order valence-corrected chi connectivity index (χ4v) is 4.18. The molecular formula is C24H28N2O3. The van der Waals surface area contributed by atoms with Gasteiger partial charge in [0.2, 0.25) is 5.91 Å². The van der Waals surface area contributed by atoms with Gasteiger partial charge in [-0.1, -0.05) is 12.1 Å². The van der Waals surface area contributed by atoms with Crippen LogP contribution in [0.4, 0.5) is 0 Å². The average molecular weight is 392 g/mol. The molecule has 0 aliphatic carbocycles. The zero-order valence-electron chi connectivity index (χ0n) is 17.1. The second-order valence-corrected chi connectivity index (χ2v) is 7.56. The van der Waals surface area contributed by atoms with Gasteiger partial charge in [-0.25, -0.2) is 0 Å². The van der Waals surface area contributed by atoms with Crippen LogP contribution in [0.2, 0.25) is 0 Å². The van der Waals surface area contributed by atoms with E-state index in [-0.39, 0.29) is 5.91 Å². The summed E-state index contributed by atoms with van der Waals surface area (Å²) in [4.78, 5) is 18.1. The molecular weight excluding hydrogens is 364 g/mol. The predicted molar refractivity (Wildman–Crippen MR) is 115 cm³/mol. The average Bonchev–Trinajstić information content (AvgIpc) is 3.18. The van der Waals surface area contributed by atoms with E-state index in [9.17, 15) is 4.79 Å². The number of likely N-dealkylation sites (tertiary alicyclic amines) is 1. The number of rotatable bonds is 6. The Morgan fingerprint density at radius 3 is 2.52 bits per heavy atom. The molecule has 1 aliphatic heterocycles. The normalized spacial score (nSPS) is 14.9. The number of H-pyrrole nitrogens is 1. The van der Waals surface area contributed by atoms with Crippen molar-refractivity contribution in [2.45, 2.75) is 32.1 Å². The van der Waals surface area contributed by atoms with E-state index >= 15 is 0 Å². The van der Waals surface area contributed by atoms with Crippen molar-refractivity contribution in [2.75, 3.05) is 26.8 Å². The first-order valence-electron chi connectivity index (χ1n) is 10.3. The maximum atomic E-state index is 12.7. The number of carbonyl (C=O) groups excluding carboxylic acids is 1. The summed E-state index contributed by atoms with van der Waals surface area (Å²) in [5.41, 5.74) is 3.50. The van der Waals surface area contributed by atoms with E-state index in [0.29, 0.717) is 18.9 Å². The van der Waals surface area contributed by atoms with E-state index in [2.05, 4.69) is 23.3 Å². The van der Waals surface area contributed by atoms with Crippen molar-refractivity contribution < 1.29 is 14.3 Å². The SMILES string of the molecule is CCOc1ccc(CC(=O)N2CCC(c3c[nH]c4ccc(OC)cc34)CC2)cc1. The maximum absolute atomic E-state index is 12.7. The van der Waals surface area contributed by atoms with Crippen molar-refractivity contribution in [3.63, 3.8) is 0 Å². The molecule has 5 heteroatoms. The third-order valence-electron chi connectivity index (χ3n) is 5.80. The molecule has 0 spiro atoms. The van der Waals surface area contributed by atoms with Gasteiger partial charge in [0.1, 0.15) is 11.5 Å². The summed E-state index contributed by atoms with van der Waals surface area (Å²) < 4.78 is 10.9. The lowest BCUT2D eigenvalue weighted by atomic mass is 9.89. The van der Waals surface area contributed by atoms with Gasteiger partial charge in [-0.15, -0.1) is 0 Å². The van der Waals surface area contributed by atoms with E-state index < -0.39 is 0 Å². The van der Waals surface area contributed by atoms with Crippen LogP contribution in [-0.4, -0.2) is 42.6 Å². The van der Waals surface area contributed by atoms with Crippen LogP contribution in [0.5, 0.6) is 11.5 Å². The van der Waals surface area contributed by atoms with E-state index in [4.69, 9.17) is 9.47 Å². The number of carbonyl (C=O) groups is 1. The van der Waals surface area contributed by atoms with Crippen LogP contribution in [0, 0.1) is 0 Å². The predicted octanol–water partition coefficient (Wildman–Crippen LogP) is 4.52. The minimum Gasteiger partial charge on any atom is -0.497 e. The molecule has 0 unspecified atom stereocenters. The summed E-state index contributed by atoms with van der Waals surface area (Å²) in [7, 11) is 1.70. The van der Waals surface area contributed by atoms with Crippen LogP contribution >= 0.6 is 0 Å². The molecule has 4 rings (SSSR count). The summed E-state index contributed by atoms with van der Waals surface area (Å²) in [6.45, 7) is 4.22. The highest BCUT2D eigenvalue weighted by atomic mass is 16.5. The molecule has 1 saturated heterocycles. The first kappa shape index (κ1) is 19.4. The molecule has 1 amide bonds. The summed E-state index contributed by atoms with van der Waals surface area (Å²) in [6.07, 6.45) is 4.53. The molecule has 1 N–H and O–H groups in total. The standard InChI is InChI=1S/C24H28N2O3/c1-3-29-19-6-4-17(5-7-19)14-24(27)26-12-10-18(11-13-26)22-16-25-23-9-8-20(28-2)15-21(22)23/h4-9,15-16,18,25H,3,10-14H2,1-2H3. The van der Waals surface area contributed by atoms with Crippen molar-refractivity contribution in [3.8, 4) is 11.5 Å². The second-order valence-electron chi connectivity index (χ2n) is 7.56. The summed E-state index contributed by atoms with van der Waals surface area (Å²) in [6, 6.07) is 14.0. The fourth-order valence-electron chi connectivity index (χ4n) is 4.18. The number of methoxy groups -OCH3 is 1. The van der Waals surface area contributed by atoms with Crippen LogP contribution in [0.3, 0.4) is 0 Å². The van der Waals surface area contributed by atoms with E-state index in [1.54, 1.807) is 7.11 Å². The van der Waals surface area contributed by atoms with Crippen LogP contribution in [-0.2, 0) is 11.2 Å². The van der Waals surface area contributed by atoms with Crippen LogP contribution in [0.15, 0.2) is 48.7 Å². The molecule has 1 aliphatic rings. The molecule has 1 fully saturated rings. The van der Waals surface area contributed by atoms with Gasteiger partial charge in [-0.2, -0.15) is 0 Å². The van der Waals surface area contributed by atoms with Gasteiger partial charge >= 0.3 is 0 Å². The highest BCUT2D eigenvalue weighted by molar-refractivity contribution is 5.85. The number of benzene rings is 2. The number of aromatic nitrogens is 1. The van der Waals surface area contributed by atoms with Gasteiger partial charge in [0.25, 0.3) is 0 Å². The Labute approximate surface area is 171 Å². The minimum absolute atomic E-state index is 0.202. The Kier molecular flexibility index (Phi) is 5.74. The van der Waals surface area contributed by atoms with E-state index in [1.807, 2.05) is 42.2 Å². The summed E-state index contributed by atoms with van der Waals surface area (Å²) in [5, 5.41) is 1.23. The largest absolute Gasteiger partial charge is 0.497 e. The topological polar surface area (TPSA) is 54.6 Å². The summed E-state index contributed by atoms with van der Waals surface area (Å²) >= 11 is 0. The highest BCUT2D eigenvalue weighted by Gasteiger charge is 2.25. The Balaban J connectivity index is 1.37. The van der Waals surface area contributed by atoms with Crippen LogP contribution < -0.4 is 9.47 Å². The first-order valence-corrected chi connectivity index (χ1v) is 10.3. The quantitative estimate of drug-likeness (QED) is 0.671. The Morgan fingerprint density at radius 1 is 1.10 bits per heavy atom. The number of nitrogens with zero attached hydrogens (tertiary/aromatic N) is 1. The Bertz CT molecular complexity index is 969. The molecule has 29 heavy (non-hydrogen) atoms. The zero-order chi connectivity index (χ0) is 20.2. The lowest BCUT2D eigenvalue weighted by Gasteiger charge is -2.32. The molecule has 3 aromatic rings. The smallest absolute Gasteiger partial charge is 0.226 e. The van der Waals surface area contributed by atoms with Crippen molar-refractivity contribution >= 4 is 16.8 Å². The van der Waals surface area contributed by atoms with Gasteiger partial charge < -0.3 is 19.4 Å². The second kappa shape index (κ2) is 8.60. The Morgan fingerprint density at radius 2 is 1.83 bits per heavy atom. The number of piperidine rings is 1. The maximum Gasteiger partial charge on any atom is 0.226 e. The molecule has 0 atom stereocenters. The van der Waals surface area contributed by atoms with Gasteiger partial charge in [0.05, 0.1) is 20.1 Å². The van der Waals surface area contributed by atoms with Gasteiger partial charge in [0, 0.05) is 30.2 Å². The number of hydrogen-bond acceptors (Lipinski definition) is 3. The van der Waals surface area contributed by atoms with Crippen LogP contribution in [0.1, 0.15) is 36.8 Å². The highest BCUT2D eigenvalue weighted by Crippen LogP contribution is 2.34. The number of fused-ring (bicyclic) bond motifs is 1. The minimum atomic E-state index is 0.202. The molecule has 2 aromatic carbocycles. The number of hydrogen-bond donors (Lipinski definition) is 1. The van der Waals surface area contributed by atoms with Crippen molar-refractivity contribution in [1.82, 2.24) is 9.88 Å². The molecule has 2 heterocycles. The molecule has 0 bridgehead atoms. The Hall–Kier alpha value is -2.95. The third-order valence-corrected chi connectivity index (χ3v) is 5.80. The fraction of sp³-hybridized carbons (Fsp3) is 0.375. The van der Waals surface area contributed by atoms with Crippen molar-refractivity contribution in [3.05, 3.63) is 59.8 Å². The summed E-state index contributed by atoms with van der Waals surface area (Å²) in [5.74, 6) is 2.39. The van der Waals surface area contributed by atoms with E-state index in [1.165, 1.54) is 10.9 Å². The molecule has 152 valence electrons. The zero-order valence-corrected chi connectivity index (χ0v) is 17.1. The number of nitrogens with one attached hydrogen (secondary N) is 1. The monoisotopic (exact) mass is 392 g/mol. The van der Waals surface area contributed by atoms with Gasteiger partial charge in [0.15, 0.2) is 0 Å². The number of aromatic amines is 1. The number of amides is 1.